The number of anilines is 1. The molecule has 1 aromatic heterocycles. The first-order chi connectivity index (χ1) is 17.9. The van der Waals surface area contributed by atoms with E-state index in [1.807, 2.05) is 0 Å². The standard InChI is InChI=1S/C27H24F2N4O4/c28-19-3-1-18(2-4-19)15-36-16-25(33-26(34)13-22-14-30-17-31-22)27(35)32-21-7-11-24(12-8-21)37-23-9-5-20(29)6-10-23/h1-12,14,17,25H,13,15-16H2,(H,30,31)(H,32,35)(H,33,34)/t25-/m0/s1. The Morgan fingerprint density at radius 3 is 2.14 bits per heavy atom. The zero-order valence-corrected chi connectivity index (χ0v) is 19.6. The van der Waals surface area contributed by atoms with Crippen LogP contribution in [0.2, 0.25) is 0 Å². The fourth-order valence-corrected chi connectivity index (χ4v) is 3.33. The molecule has 0 fully saturated rings. The lowest BCUT2D eigenvalue weighted by Gasteiger charge is -2.19. The number of aromatic nitrogens is 2. The van der Waals surface area contributed by atoms with E-state index in [1.54, 1.807) is 36.4 Å². The van der Waals surface area contributed by atoms with Crippen molar-refractivity contribution in [2.24, 2.45) is 0 Å². The largest absolute Gasteiger partial charge is 0.457 e. The fraction of sp³-hybridized carbons (Fsp3) is 0.148. The molecule has 0 saturated carbocycles. The Morgan fingerprint density at radius 2 is 1.51 bits per heavy atom. The molecule has 3 aromatic carbocycles. The summed E-state index contributed by atoms with van der Waals surface area (Å²) in [5.74, 6) is -0.630. The molecule has 0 aliphatic heterocycles. The summed E-state index contributed by atoms with van der Waals surface area (Å²) in [7, 11) is 0. The van der Waals surface area contributed by atoms with Gasteiger partial charge in [-0.15, -0.1) is 0 Å². The van der Waals surface area contributed by atoms with Crippen LogP contribution in [0.4, 0.5) is 14.5 Å². The molecule has 10 heteroatoms. The third kappa shape index (κ3) is 7.97. The van der Waals surface area contributed by atoms with Crippen molar-refractivity contribution in [3.63, 3.8) is 0 Å². The second-order valence-electron chi connectivity index (χ2n) is 8.08. The Kier molecular flexibility index (Phi) is 8.56. The van der Waals surface area contributed by atoms with Crippen LogP contribution in [0.3, 0.4) is 0 Å². The van der Waals surface area contributed by atoms with Crippen LogP contribution in [-0.4, -0.2) is 34.4 Å². The van der Waals surface area contributed by atoms with Crippen molar-refractivity contribution >= 4 is 17.5 Å². The van der Waals surface area contributed by atoms with E-state index in [1.165, 1.54) is 48.9 Å². The Bertz CT molecular complexity index is 1300. The second-order valence-corrected chi connectivity index (χ2v) is 8.08. The Labute approximate surface area is 211 Å². The molecule has 0 aliphatic rings. The summed E-state index contributed by atoms with van der Waals surface area (Å²) in [6.45, 7) is 0.0274. The first kappa shape index (κ1) is 25.5. The summed E-state index contributed by atoms with van der Waals surface area (Å²) < 4.78 is 37.5. The average molecular weight is 507 g/mol. The molecule has 0 saturated heterocycles. The van der Waals surface area contributed by atoms with Gasteiger partial charge in [-0.3, -0.25) is 9.59 Å². The molecule has 4 aromatic rings. The molecule has 4 rings (SSSR count). The normalized spacial score (nSPS) is 11.5. The number of carbonyl (C=O) groups is 2. The second kappa shape index (κ2) is 12.4. The number of amides is 2. The summed E-state index contributed by atoms with van der Waals surface area (Å²) in [5.41, 5.74) is 1.80. The molecule has 37 heavy (non-hydrogen) atoms. The minimum atomic E-state index is -0.994. The van der Waals surface area contributed by atoms with Crippen molar-refractivity contribution < 1.29 is 27.8 Å². The molecule has 0 unspecified atom stereocenters. The van der Waals surface area contributed by atoms with Crippen LogP contribution in [0, 0.1) is 11.6 Å². The van der Waals surface area contributed by atoms with Gasteiger partial charge in [-0.2, -0.15) is 0 Å². The van der Waals surface area contributed by atoms with Gasteiger partial charge in [0.25, 0.3) is 0 Å². The predicted octanol–water partition coefficient (Wildman–Crippen LogP) is 4.36. The number of rotatable bonds is 11. The van der Waals surface area contributed by atoms with Crippen LogP contribution in [0.25, 0.3) is 0 Å². The van der Waals surface area contributed by atoms with Crippen molar-refractivity contribution in [1.82, 2.24) is 15.3 Å². The van der Waals surface area contributed by atoms with Gasteiger partial charge in [-0.1, -0.05) is 12.1 Å². The first-order valence-electron chi connectivity index (χ1n) is 11.4. The van der Waals surface area contributed by atoms with Crippen LogP contribution in [0.15, 0.2) is 85.3 Å². The maximum Gasteiger partial charge on any atom is 0.249 e. The number of benzene rings is 3. The number of H-pyrrole nitrogens is 1. The zero-order valence-electron chi connectivity index (χ0n) is 19.6. The fourth-order valence-electron chi connectivity index (χ4n) is 3.33. The number of imidazole rings is 1. The molecule has 190 valence electrons. The lowest BCUT2D eigenvalue weighted by Crippen LogP contribution is -2.47. The number of halogens is 2. The van der Waals surface area contributed by atoms with Crippen molar-refractivity contribution in [2.75, 3.05) is 11.9 Å². The van der Waals surface area contributed by atoms with Crippen molar-refractivity contribution in [2.45, 2.75) is 19.1 Å². The molecule has 0 bridgehead atoms. The van der Waals surface area contributed by atoms with Gasteiger partial charge in [0, 0.05) is 17.6 Å². The molecule has 3 N–H and O–H groups in total. The number of aromatic amines is 1. The minimum absolute atomic E-state index is 0.0111. The molecule has 2 amide bonds. The van der Waals surface area contributed by atoms with Crippen molar-refractivity contribution in [3.05, 3.63) is 108 Å². The highest BCUT2D eigenvalue weighted by molar-refractivity contribution is 5.97. The summed E-state index contributed by atoms with van der Waals surface area (Å²) in [5, 5.41) is 5.43. The minimum Gasteiger partial charge on any atom is -0.457 e. The SMILES string of the molecule is O=C(Cc1cnc[nH]1)N[C@@H](COCc1ccc(F)cc1)C(=O)Nc1ccc(Oc2ccc(F)cc2)cc1. The summed E-state index contributed by atoms with van der Waals surface area (Å²) in [6.07, 6.45) is 2.99. The summed E-state index contributed by atoms with van der Waals surface area (Å²) in [4.78, 5) is 32.2. The Morgan fingerprint density at radius 1 is 0.892 bits per heavy atom. The van der Waals surface area contributed by atoms with E-state index in [4.69, 9.17) is 9.47 Å². The molecule has 0 aliphatic carbocycles. The first-order valence-corrected chi connectivity index (χ1v) is 11.4. The topological polar surface area (TPSA) is 105 Å². The van der Waals surface area contributed by atoms with Gasteiger partial charge < -0.3 is 25.1 Å². The highest BCUT2D eigenvalue weighted by Gasteiger charge is 2.22. The Hall–Kier alpha value is -4.57. The van der Waals surface area contributed by atoms with Crippen LogP contribution in [0.5, 0.6) is 11.5 Å². The van der Waals surface area contributed by atoms with E-state index >= 15 is 0 Å². The van der Waals surface area contributed by atoms with E-state index in [9.17, 15) is 18.4 Å². The molecule has 1 atom stereocenters. The molecule has 8 nitrogen and oxygen atoms in total. The quantitative estimate of drug-likeness (QED) is 0.280. The highest BCUT2D eigenvalue weighted by atomic mass is 19.1. The molecular weight excluding hydrogens is 482 g/mol. The maximum atomic E-state index is 13.1. The lowest BCUT2D eigenvalue weighted by molar-refractivity contribution is -0.127. The van der Waals surface area contributed by atoms with Gasteiger partial charge in [-0.25, -0.2) is 13.8 Å². The van der Waals surface area contributed by atoms with Crippen LogP contribution in [-0.2, 0) is 27.4 Å². The monoisotopic (exact) mass is 506 g/mol. The molecule has 0 radical (unpaired) electrons. The van der Waals surface area contributed by atoms with Gasteiger partial charge in [0.2, 0.25) is 11.8 Å². The van der Waals surface area contributed by atoms with Crippen LogP contribution < -0.4 is 15.4 Å². The number of carbonyl (C=O) groups excluding carboxylic acids is 2. The summed E-state index contributed by atoms with van der Waals surface area (Å²) in [6, 6.07) is 17.0. The van der Waals surface area contributed by atoms with Crippen molar-refractivity contribution in [3.8, 4) is 11.5 Å². The highest BCUT2D eigenvalue weighted by Crippen LogP contribution is 2.23. The smallest absolute Gasteiger partial charge is 0.249 e. The maximum absolute atomic E-state index is 13.1. The summed E-state index contributed by atoms with van der Waals surface area (Å²) >= 11 is 0. The van der Waals surface area contributed by atoms with E-state index in [0.717, 1.165) is 5.56 Å². The van der Waals surface area contributed by atoms with Crippen LogP contribution >= 0.6 is 0 Å². The number of ether oxygens (including phenoxy) is 2. The van der Waals surface area contributed by atoms with E-state index in [2.05, 4.69) is 20.6 Å². The van der Waals surface area contributed by atoms with Gasteiger partial charge in [0.05, 0.1) is 26.0 Å². The molecule has 1 heterocycles. The van der Waals surface area contributed by atoms with Gasteiger partial charge in [0.15, 0.2) is 0 Å². The molecule has 0 spiro atoms. The van der Waals surface area contributed by atoms with E-state index in [-0.39, 0.29) is 31.3 Å². The van der Waals surface area contributed by atoms with E-state index < -0.39 is 17.9 Å². The lowest BCUT2D eigenvalue weighted by atomic mass is 10.2. The number of nitrogens with zero attached hydrogens (tertiary/aromatic N) is 1. The number of hydrogen-bond acceptors (Lipinski definition) is 5. The number of nitrogens with one attached hydrogen (secondary N) is 3. The Balaban J connectivity index is 1.37. The van der Waals surface area contributed by atoms with Crippen molar-refractivity contribution in [1.29, 1.82) is 0 Å². The van der Waals surface area contributed by atoms with Gasteiger partial charge >= 0.3 is 0 Å². The van der Waals surface area contributed by atoms with Crippen LogP contribution in [0.1, 0.15) is 11.3 Å². The van der Waals surface area contributed by atoms with Gasteiger partial charge in [-0.05, 0) is 66.2 Å². The third-order valence-electron chi connectivity index (χ3n) is 5.20. The third-order valence-corrected chi connectivity index (χ3v) is 5.20. The van der Waals surface area contributed by atoms with E-state index in [0.29, 0.717) is 22.9 Å². The zero-order chi connectivity index (χ0) is 26.0. The average Bonchev–Trinajstić information content (AvgIpc) is 3.40. The predicted molar refractivity (Wildman–Crippen MR) is 132 cm³/mol. The number of hydrogen-bond donors (Lipinski definition) is 3. The van der Waals surface area contributed by atoms with Gasteiger partial charge in [0.1, 0.15) is 29.2 Å². The molecular formula is C27H24F2N4O4.